The number of hydrogen-bond acceptors (Lipinski definition) is 3. The molecular formula is C30H35N5O. The van der Waals surface area contributed by atoms with E-state index in [1.807, 2.05) is 36.4 Å². The summed E-state index contributed by atoms with van der Waals surface area (Å²) >= 11 is 0. The lowest BCUT2D eigenvalue weighted by molar-refractivity contribution is -0.126. The maximum atomic E-state index is 13.1. The van der Waals surface area contributed by atoms with Crippen LogP contribution in [0.3, 0.4) is 0 Å². The van der Waals surface area contributed by atoms with E-state index in [0.717, 1.165) is 54.4 Å². The Hall–Kier alpha value is -3.80. The summed E-state index contributed by atoms with van der Waals surface area (Å²) in [4.78, 5) is 15.5. The predicted molar refractivity (Wildman–Crippen MR) is 145 cm³/mol. The van der Waals surface area contributed by atoms with Gasteiger partial charge in [0.15, 0.2) is 5.82 Å². The molecule has 2 aromatic carbocycles. The highest BCUT2D eigenvalue weighted by Gasteiger charge is 2.31. The lowest BCUT2D eigenvalue weighted by Crippen LogP contribution is -2.42. The van der Waals surface area contributed by atoms with Crippen LogP contribution in [0.4, 0.5) is 5.82 Å². The smallest absolute Gasteiger partial charge is 0.223 e. The maximum Gasteiger partial charge on any atom is 0.223 e. The van der Waals surface area contributed by atoms with Crippen molar-refractivity contribution in [1.82, 2.24) is 19.7 Å². The van der Waals surface area contributed by atoms with Crippen molar-refractivity contribution in [1.29, 1.82) is 0 Å². The van der Waals surface area contributed by atoms with Crippen molar-refractivity contribution in [3.8, 4) is 11.4 Å². The van der Waals surface area contributed by atoms with E-state index < -0.39 is 0 Å². The summed E-state index contributed by atoms with van der Waals surface area (Å²) in [5, 5.41) is 8.23. The number of benzene rings is 2. The van der Waals surface area contributed by atoms with E-state index in [1.54, 1.807) is 0 Å². The standard InChI is InChI=1S/C30H35N5O/c1-21-15-16-22(2)34(21)28-24(4)32-35(27-13-9-6-10-14-27)30(28)33-19-17-26(18-20-33)29(36)31-23(3)25-11-7-5-8-12-25/h5-16,23,26H,17-20H2,1-4H3,(H,31,36)/t23-/m0/s1. The topological polar surface area (TPSA) is 55.1 Å². The number of aromatic nitrogens is 3. The van der Waals surface area contributed by atoms with Gasteiger partial charge < -0.3 is 14.8 Å². The molecule has 0 aliphatic carbocycles. The van der Waals surface area contributed by atoms with Crippen molar-refractivity contribution >= 4 is 11.7 Å². The molecular weight excluding hydrogens is 446 g/mol. The van der Waals surface area contributed by atoms with Gasteiger partial charge in [0.2, 0.25) is 5.91 Å². The molecule has 1 amide bonds. The zero-order valence-electron chi connectivity index (χ0n) is 21.6. The third-order valence-corrected chi connectivity index (χ3v) is 7.32. The molecule has 4 aromatic rings. The second-order valence-electron chi connectivity index (χ2n) is 9.86. The van der Waals surface area contributed by atoms with Gasteiger partial charge in [0.25, 0.3) is 0 Å². The van der Waals surface area contributed by atoms with Gasteiger partial charge in [-0.3, -0.25) is 4.79 Å². The van der Waals surface area contributed by atoms with Crippen LogP contribution in [-0.2, 0) is 4.79 Å². The van der Waals surface area contributed by atoms with Gasteiger partial charge in [0, 0.05) is 30.4 Å². The molecule has 1 atom stereocenters. The number of amides is 1. The Morgan fingerprint density at radius 3 is 2.08 bits per heavy atom. The first-order valence-corrected chi connectivity index (χ1v) is 12.8. The normalized spacial score (nSPS) is 15.2. The maximum absolute atomic E-state index is 13.1. The Bertz CT molecular complexity index is 1310. The Kier molecular flexibility index (Phi) is 6.68. The number of rotatable bonds is 6. The number of nitrogens with one attached hydrogen (secondary N) is 1. The molecule has 1 N–H and O–H groups in total. The van der Waals surface area contributed by atoms with Crippen LogP contribution in [0.1, 0.15) is 48.5 Å². The summed E-state index contributed by atoms with van der Waals surface area (Å²) < 4.78 is 4.37. The zero-order chi connectivity index (χ0) is 25.2. The van der Waals surface area contributed by atoms with E-state index in [9.17, 15) is 4.79 Å². The van der Waals surface area contributed by atoms with Crippen LogP contribution in [0.2, 0.25) is 0 Å². The molecule has 1 saturated heterocycles. The van der Waals surface area contributed by atoms with Crippen LogP contribution < -0.4 is 10.2 Å². The van der Waals surface area contributed by atoms with Gasteiger partial charge in [0.1, 0.15) is 5.69 Å². The van der Waals surface area contributed by atoms with Gasteiger partial charge in [-0.25, -0.2) is 4.68 Å². The van der Waals surface area contributed by atoms with Crippen LogP contribution in [-0.4, -0.2) is 33.3 Å². The van der Waals surface area contributed by atoms with Gasteiger partial charge >= 0.3 is 0 Å². The molecule has 0 bridgehead atoms. The second kappa shape index (κ2) is 10.1. The van der Waals surface area contributed by atoms with E-state index in [1.165, 1.54) is 11.4 Å². The summed E-state index contributed by atoms with van der Waals surface area (Å²) in [5.41, 5.74) is 6.67. The summed E-state index contributed by atoms with van der Waals surface area (Å²) in [5.74, 6) is 1.26. The fourth-order valence-corrected chi connectivity index (χ4v) is 5.33. The highest BCUT2D eigenvalue weighted by Crippen LogP contribution is 2.35. The highest BCUT2D eigenvalue weighted by molar-refractivity contribution is 5.79. The van der Waals surface area contributed by atoms with Gasteiger partial charge in [-0.1, -0.05) is 48.5 Å². The number of piperidine rings is 1. The van der Waals surface area contributed by atoms with E-state index >= 15 is 0 Å². The summed E-state index contributed by atoms with van der Waals surface area (Å²) in [6.45, 7) is 10.0. The van der Waals surface area contributed by atoms with Crippen LogP contribution in [0.5, 0.6) is 0 Å². The number of carbonyl (C=O) groups excluding carboxylic acids is 1. The largest absolute Gasteiger partial charge is 0.355 e. The molecule has 6 nitrogen and oxygen atoms in total. The fourth-order valence-electron chi connectivity index (χ4n) is 5.33. The molecule has 186 valence electrons. The van der Waals surface area contributed by atoms with Crippen molar-refractivity contribution in [2.24, 2.45) is 5.92 Å². The molecule has 6 heteroatoms. The highest BCUT2D eigenvalue weighted by atomic mass is 16.1. The lowest BCUT2D eigenvalue weighted by atomic mass is 9.95. The van der Waals surface area contributed by atoms with Crippen molar-refractivity contribution in [3.63, 3.8) is 0 Å². The van der Waals surface area contributed by atoms with Crippen LogP contribution >= 0.6 is 0 Å². The Morgan fingerprint density at radius 1 is 0.889 bits per heavy atom. The van der Waals surface area contributed by atoms with Crippen LogP contribution in [0, 0.1) is 26.7 Å². The Labute approximate surface area is 213 Å². The van der Waals surface area contributed by atoms with Crippen molar-refractivity contribution in [2.75, 3.05) is 18.0 Å². The quantitative estimate of drug-likeness (QED) is 0.385. The molecule has 2 aromatic heterocycles. The van der Waals surface area contributed by atoms with E-state index in [4.69, 9.17) is 5.10 Å². The first kappa shape index (κ1) is 23.9. The first-order chi connectivity index (χ1) is 17.4. The molecule has 0 radical (unpaired) electrons. The SMILES string of the molecule is Cc1nn(-c2ccccc2)c(N2CCC(C(=O)N[C@@H](C)c3ccccc3)CC2)c1-n1c(C)ccc1C. The number of aryl methyl sites for hydroxylation is 3. The average molecular weight is 482 g/mol. The minimum atomic E-state index is 0.00480. The molecule has 0 spiro atoms. The van der Waals surface area contributed by atoms with Crippen molar-refractivity contribution in [2.45, 2.75) is 46.6 Å². The molecule has 36 heavy (non-hydrogen) atoms. The van der Waals surface area contributed by atoms with E-state index in [0.29, 0.717) is 0 Å². The molecule has 5 rings (SSSR count). The monoisotopic (exact) mass is 481 g/mol. The fraction of sp³-hybridized carbons (Fsp3) is 0.333. The number of anilines is 1. The summed E-state index contributed by atoms with van der Waals surface area (Å²) in [6.07, 6.45) is 1.63. The van der Waals surface area contributed by atoms with Crippen LogP contribution in [0.25, 0.3) is 11.4 Å². The van der Waals surface area contributed by atoms with Gasteiger partial charge in [-0.05, 0) is 70.4 Å². The minimum Gasteiger partial charge on any atom is -0.355 e. The third-order valence-electron chi connectivity index (χ3n) is 7.32. The molecule has 0 saturated carbocycles. The van der Waals surface area contributed by atoms with Crippen LogP contribution in [0.15, 0.2) is 72.8 Å². The van der Waals surface area contributed by atoms with Gasteiger partial charge in [0.05, 0.1) is 17.4 Å². The molecule has 3 heterocycles. The molecule has 0 unspecified atom stereocenters. The van der Waals surface area contributed by atoms with Gasteiger partial charge in [-0.2, -0.15) is 5.10 Å². The van der Waals surface area contributed by atoms with E-state index in [-0.39, 0.29) is 17.9 Å². The minimum absolute atomic E-state index is 0.00480. The second-order valence-corrected chi connectivity index (χ2v) is 9.86. The third kappa shape index (κ3) is 4.55. The first-order valence-electron chi connectivity index (χ1n) is 12.8. The van der Waals surface area contributed by atoms with Crippen molar-refractivity contribution < 1.29 is 4.79 Å². The average Bonchev–Trinajstić information content (AvgIpc) is 3.42. The number of para-hydroxylation sites is 1. The van der Waals surface area contributed by atoms with Crippen molar-refractivity contribution in [3.05, 3.63) is 95.4 Å². The lowest BCUT2D eigenvalue weighted by Gasteiger charge is -2.34. The number of carbonyl (C=O) groups is 1. The summed E-state index contributed by atoms with van der Waals surface area (Å²) in [7, 11) is 0. The zero-order valence-corrected chi connectivity index (χ0v) is 21.6. The number of hydrogen-bond donors (Lipinski definition) is 1. The Morgan fingerprint density at radius 2 is 1.47 bits per heavy atom. The summed E-state index contributed by atoms with van der Waals surface area (Å²) in [6, 6.07) is 24.8. The van der Waals surface area contributed by atoms with Gasteiger partial charge in [-0.15, -0.1) is 0 Å². The molecule has 1 aliphatic heterocycles. The Balaban J connectivity index is 1.41. The predicted octanol–water partition coefficient (Wildman–Crippen LogP) is 5.68. The van der Waals surface area contributed by atoms with E-state index in [2.05, 4.69) is 83.6 Å². The molecule has 1 fully saturated rings. The molecule has 1 aliphatic rings. The number of nitrogens with zero attached hydrogens (tertiary/aromatic N) is 4.